The van der Waals surface area contributed by atoms with E-state index in [-0.39, 0.29) is 18.6 Å². The minimum Gasteiger partial charge on any atom is -0.396 e. The molecule has 0 amide bonds. The minimum absolute atomic E-state index is 0.00310. The number of hydrogen-bond donors (Lipinski definition) is 3. The number of aliphatic hydroxyl groups is 2. The van der Waals surface area contributed by atoms with Gasteiger partial charge in [0, 0.05) is 12.0 Å². The van der Waals surface area contributed by atoms with Crippen LogP contribution in [0.5, 0.6) is 0 Å². The number of rotatable bonds is 3. The maximum atomic E-state index is 9.44. The van der Waals surface area contributed by atoms with E-state index >= 15 is 0 Å². The van der Waals surface area contributed by atoms with Crippen molar-refractivity contribution in [2.24, 2.45) is 5.92 Å². The van der Waals surface area contributed by atoms with Crippen LogP contribution in [0.25, 0.3) is 0 Å². The molecule has 3 N–H and O–H groups in total. The van der Waals surface area contributed by atoms with Crippen LogP contribution in [-0.4, -0.2) is 39.0 Å². The summed E-state index contributed by atoms with van der Waals surface area (Å²) < 4.78 is 0.715. The molecular weight excluding hydrogens is 206 g/mol. The van der Waals surface area contributed by atoms with Crippen LogP contribution in [0.1, 0.15) is 13.3 Å². The molecule has 0 radical (unpaired) electrons. The van der Waals surface area contributed by atoms with Gasteiger partial charge in [0.25, 0.3) is 0 Å². The number of aliphatic hydroxyl groups excluding tert-OH is 2. The van der Waals surface area contributed by atoms with E-state index in [2.05, 4.69) is 5.32 Å². The highest BCUT2D eigenvalue weighted by Crippen LogP contribution is 2.30. The van der Waals surface area contributed by atoms with E-state index in [9.17, 15) is 5.11 Å². The van der Waals surface area contributed by atoms with Gasteiger partial charge < -0.3 is 15.5 Å². The van der Waals surface area contributed by atoms with Gasteiger partial charge in [-0.15, -0.1) is 0 Å². The van der Waals surface area contributed by atoms with Gasteiger partial charge in [0.15, 0.2) is 0 Å². The summed E-state index contributed by atoms with van der Waals surface area (Å²) in [5, 5.41) is 21.8. The molecular formula is C8H15NO2S2. The molecule has 0 spiro atoms. The highest BCUT2D eigenvalue weighted by Gasteiger charge is 2.32. The first-order valence-electron chi connectivity index (χ1n) is 4.41. The van der Waals surface area contributed by atoms with Crippen molar-refractivity contribution in [2.45, 2.75) is 24.8 Å². The Morgan fingerprint density at radius 2 is 2.38 bits per heavy atom. The average Bonchev–Trinajstić information content (AvgIpc) is 2.04. The Morgan fingerprint density at radius 3 is 2.92 bits per heavy atom. The molecule has 1 aliphatic rings. The number of thiocarbonyl (C=S) groups is 1. The van der Waals surface area contributed by atoms with Gasteiger partial charge >= 0.3 is 0 Å². The lowest BCUT2D eigenvalue weighted by atomic mass is 9.99. The molecule has 3 nitrogen and oxygen atoms in total. The van der Waals surface area contributed by atoms with Crippen LogP contribution in [0.3, 0.4) is 0 Å². The lowest BCUT2D eigenvalue weighted by molar-refractivity contribution is 0.184. The largest absolute Gasteiger partial charge is 0.396 e. The fraction of sp³-hybridized carbons (Fsp3) is 0.875. The van der Waals surface area contributed by atoms with Gasteiger partial charge in [-0.05, 0) is 13.0 Å². The molecule has 0 aromatic heterocycles. The smallest absolute Gasteiger partial charge is 0.106 e. The van der Waals surface area contributed by atoms with E-state index in [0.717, 1.165) is 6.54 Å². The van der Waals surface area contributed by atoms with Crippen LogP contribution < -0.4 is 5.32 Å². The molecule has 5 heteroatoms. The summed E-state index contributed by atoms with van der Waals surface area (Å²) in [4.78, 5) is 0. The highest BCUT2D eigenvalue weighted by molar-refractivity contribution is 8.23. The zero-order valence-corrected chi connectivity index (χ0v) is 9.20. The molecule has 0 bridgehead atoms. The fourth-order valence-corrected chi connectivity index (χ4v) is 3.06. The minimum atomic E-state index is -0.417. The van der Waals surface area contributed by atoms with Crippen molar-refractivity contribution in [3.63, 3.8) is 0 Å². The molecule has 13 heavy (non-hydrogen) atoms. The third-order valence-electron chi connectivity index (χ3n) is 2.16. The molecule has 0 aliphatic carbocycles. The van der Waals surface area contributed by atoms with E-state index in [1.54, 1.807) is 0 Å². The van der Waals surface area contributed by atoms with Crippen molar-refractivity contribution in [2.75, 3.05) is 13.2 Å². The summed E-state index contributed by atoms with van der Waals surface area (Å²) in [5.74, 6) is 0.00310. The summed E-state index contributed by atoms with van der Waals surface area (Å²) >= 11 is 6.39. The second kappa shape index (κ2) is 5.26. The summed E-state index contributed by atoms with van der Waals surface area (Å²) in [6, 6.07) is 0.124. The second-order valence-electron chi connectivity index (χ2n) is 3.08. The van der Waals surface area contributed by atoms with Crippen molar-refractivity contribution >= 4 is 28.2 Å². The van der Waals surface area contributed by atoms with Crippen LogP contribution in [0.15, 0.2) is 0 Å². The molecule has 76 valence electrons. The molecule has 1 aliphatic heterocycles. The zero-order chi connectivity index (χ0) is 9.84. The molecule has 1 rings (SSSR count). The Morgan fingerprint density at radius 1 is 1.69 bits per heavy atom. The molecule has 3 unspecified atom stereocenters. The predicted octanol–water partition coefficient (Wildman–Crippen LogP) is 0.356. The van der Waals surface area contributed by atoms with E-state index in [4.69, 9.17) is 17.3 Å². The van der Waals surface area contributed by atoms with E-state index in [0.29, 0.717) is 10.6 Å². The van der Waals surface area contributed by atoms with Gasteiger partial charge in [-0.25, -0.2) is 0 Å². The molecule has 1 fully saturated rings. The first-order chi connectivity index (χ1) is 6.19. The zero-order valence-electron chi connectivity index (χ0n) is 7.56. The standard InChI is InChI=1S/C8H15NO2S2/c1-2-9-6-3-7(11)13-8(12)5(6)4-10/h5-7,9-11H,2-4H2,1H3. The lowest BCUT2D eigenvalue weighted by Crippen LogP contribution is -2.46. The summed E-state index contributed by atoms with van der Waals surface area (Å²) in [7, 11) is 0. The van der Waals surface area contributed by atoms with Gasteiger partial charge in [-0.2, -0.15) is 0 Å². The summed E-state index contributed by atoms with van der Waals surface area (Å²) in [5.41, 5.74) is -0.417. The first-order valence-corrected chi connectivity index (χ1v) is 5.70. The molecule has 0 aromatic carbocycles. The molecule has 1 saturated heterocycles. The maximum absolute atomic E-state index is 9.44. The van der Waals surface area contributed by atoms with Crippen LogP contribution in [-0.2, 0) is 0 Å². The number of hydrogen-bond acceptors (Lipinski definition) is 5. The Bertz CT molecular complexity index is 189. The summed E-state index contributed by atoms with van der Waals surface area (Å²) in [6.07, 6.45) is 0.657. The Labute approximate surface area is 87.9 Å². The van der Waals surface area contributed by atoms with Gasteiger partial charge in [0.2, 0.25) is 0 Å². The number of nitrogens with one attached hydrogen (secondary N) is 1. The average molecular weight is 221 g/mol. The van der Waals surface area contributed by atoms with Crippen LogP contribution in [0.4, 0.5) is 0 Å². The molecule has 0 aromatic rings. The van der Waals surface area contributed by atoms with Crippen molar-refractivity contribution in [1.29, 1.82) is 0 Å². The van der Waals surface area contributed by atoms with Crippen molar-refractivity contribution in [1.82, 2.24) is 5.32 Å². The highest BCUT2D eigenvalue weighted by atomic mass is 32.2. The van der Waals surface area contributed by atoms with E-state index < -0.39 is 5.44 Å². The number of thioether (sulfide) groups is 1. The SMILES string of the molecule is CCNC1CC(O)SC(=S)C1CO. The monoisotopic (exact) mass is 221 g/mol. The van der Waals surface area contributed by atoms with Crippen LogP contribution in [0.2, 0.25) is 0 Å². The molecule has 0 saturated carbocycles. The fourth-order valence-electron chi connectivity index (χ4n) is 1.50. The first kappa shape index (κ1) is 11.4. The van der Waals surface area contributed by atoms with Gasteiger partial charge in [-0.1, -0.05) is 30.9 Å². The quantitative estimate of drug-likeness (QED) is 0.601. The van der Waals surface area contributed by atoms with Crippen LogP contribution in [0, 0.1) is 5.92 Å². The van der Waals surface area contributed by atoms with Gasteiger partial charge in [0.05, 0.1) is 10.8 Å². The third-order valence-corrected chi connectivity index (χ3v) is 3.75. The maximum Gasteiger partial charge on any atom is 0.106 e. The Hall–Kier alpha value is 0.320. The Balaban J connectivity index is 2.60. The van der Waals surface area contributed by atoms with Gasteiger partial charge in [-0.3, -0.25) is 0 Å². The Kier molecular flexibility index (Phi) is 4.61. The lowest BCUT2D eigenvalue weighted by Gasteiger charge is -2.33. The normalized spacial score (nSPS) is 35.0. The third kappa shape index (κ3) is 2.89. The molecule has 3 atom stereocenters. The van der Waals surface area contributed by atoms with E-state index in [1.165, 1.54) is 11.8 Å². The van der Waals surface area contributed by atoms with Crippen molar-refractivity contribution < 1.29 is 10.2 Å². The summed E-state index contributed by atoms with van der Waals surface area (Å²) in [6.45, 7) is 2.91. The van der Waals surface area contributed by atoms with E-state index in [1.807, 2.05) is 6.92 Å². The topological polar surface area (TPSA) is 52.5 Å². The predicted molar refractivity (Wildman–Crippen MR) is 58.9 cm³/mol. The van der Waals surface area contributed by atoms with Crippen molar-refractivity contribution in [3.8, 4) is 0 Å². The van der Waals surface area contributed by atoms with Crippen LogP contribution >= 0.6 is 24.0 Å². The molecule has 1 heterocycles. The van der Waals surface area contributed by atoms with Gasteiger partial charge in [0.1, 0.15) is 5.44 Å². The second-order valence-corrected chi connectivity index (χ2v) is 5.00. The van der Waals surface area contributed by atoms with Crippen molar-refractivity contribution in [3.05, 3.63) is 0 Å².